The van der Waals surface area contributed by atoms with Crippen molar-refractivity contribution < 1.29 is 4.79 Å². The second-order valence-electron chi connectivity index (χ2n) is 9.26. The average Bonchev–Trinajstić information content (AvgIpc) is 3.25. The quantitative estimate of drug-likeness (QED) is 0.681. The lowest BCUT2D eigenvalue weighted by Gasteiger charge is -2.34. The van der Waals surface area contributed by atoms with E-state index in [-0.39, 0.29) is 11.5 Å². The molecule has 2 saturated heterocycles. The molecule has 1 N–H and O–H groups in total. The van der Waals surface area contributed by atoms with E-state index in [9.17, 15) is 4.79 Å². The smallest absolute Gasteiger partial charge is 0.227 e. The summed E-state index contributed by atoms with van der Waals surface area (Å²) in [6, 6.07) is 6.19. The van der Waals surface area contributed by atoms with Gasteiger partial charge in [0.1, 0.15) is 23.3 Å². The van der Waals surface area contributed by atoms with Gasteiger partial charge in [0.2, 0.25) is 5.91 Å². The molecule has 2 aliphatic heterocycles. The Kier molecular flexibility index (Phi) is 4.42. The Morgan fingerprint density at radius 1 is 1.16 bits per heavy atom. The van der Waals surface area contributed by atoms with Crippen molar-refractivity contribution in [2.24, 2.45) is 5.92 Å². The number of nitriles is 1. The zero-order chi connectivity index (χ0) is 21.7. The summed E-state index contributed by atoms with van der Waals surface area (Å²) in [5, 5.41) is 13.5. The van der Waals surface area contributed by atoms with Gasteiger partial charge in [-0.15, -0.1) is 0 Å². The van der Waals surface area contributed by atoms with Gasteiger partial charge in [-0.25, -0.2) is 9.97 Å². The fourth-order valence-corrected chi connectivity index (χ4v) is 5.17. The van der Waals surface area contributed by atoms with E-state index in [1.165, 1.54) is 0 Å². The van der Waals surface area contributed by atoms with E-state index in [2.05, 4.69) is 21.1 Å². The van der Waals surface area contributed by atoms with Gasteiger partial charge in [-0.05, 0) is 50.7 Å². The lowest BCUT2D eigenvalue weighted by molar-refractivity contribution is -0.134. The molecule has 9 heteroatoms. The second-order valence-corrected chi connectivity index (χ2v) is 9.26. The Bertz CT molecular complexity index is 1210. The van der Waals surface area contributed by atoms with Gasteiger partial charge in [-0.3, -0.25) is 9.48 Å². The third kappa shape index (κ3) is 3.13. The molecule has 32 heavy (non-hydrogen) atoms. The number of piperidine rings is 1. The van der Waals surface area contributed by atoms with Crippen molar-refractivity contribution in [2.45, 2.75) is 44.1 Å². The SMILES string of the molecule is N#Cc1cnn(C2(c3nc4nc(N5CCCC(C(=O)N6CCCC6)C5)ccc4[nH]3)CC2)c1. The van der Waals surface area contributed by atoms with Crippen LogP contribution in [0, 0.1) is 17.2 Å². The van der Waals surface area contributed by atoms with Crippen LogP contribution in [0.5, 0.6) is 0 Å². The number of hydrogen-bond donors (Lipinski definition) is 1. The van der Waals surface area contributed by atoms with E-state index >= 15 is 0 Å². The standard InChI is InChI=1S/C23H26N8O/c24-12-16-13-25-31(14-16)23(7-8-23)22-26-18-5-6-19(27-20(18)28-22)30-11-3-4-17(15-30)21(32)29-9-1-2-10-29/h5-6,13-14,17H,1-4,7-11,15H2,(H,26,27,28). The Morgan fingerprint density at radius 3 is 2.75 bits per heavy atom. The Hall–Kier alpha value is -3.41. The summed E-state index contributed by atoms with van der Waals surface area (Å²) in [6.45, 7) is 3.44. The number of imidazole rings is 1. The molecule has 1 amide bonds. The zero-order valence-electron chi connectivity index (χ0n) is 18.0. The van der Waals surface area contributed by atoms with Crippen LogP contribution in [0.2, 0.25) is 0 Å². The molecule has 0 spiro atoms. The van der Waals surface area contributed by atoms with Crippen LogP contribution in [-0.2, 0) is 10.3 Å². The molecular formula is C23H26N8O. The first-order valence-corrected chi connectivity index (χ1v) is 11.5. The first kappa shape index (κ1) is 19.3. The molecule has 3 aliphatic rings. The molecule has 3 aromatic rings. The van der Waals surface area contributed by atoms with Gasteiger partial charge < -0.3 is 14.8 Å². The average molecular weight is 431 g/mol. The number of hydrogen-bond acceptors (Lipinski definition) is 6. The number of fused-ring (bicyclic) bond motifs is 1. The van der Waals surface area contributed by atoms with Crippen LogP contribution in [0.4, 0.5) is 5.82 Å². The van der Waals surface area contributed by atoms with Gasteiger partial charge in [0.05, 0.1) is 23.2 Å². The third-order valence-corrected chi connectivity index (χ3v) is 7.16. The van der Waals surface area contributed by atoms with Crippen molar-refractivity contribution in [1.29, 1.82) is 5.26 Å². The number of rotatable bonds is 4. The first-order valence-electron chi connectivity index (χ1n) is 11.5. The third-order valence-electron chi connectivity index (χ3n) is 7.16. The molecule has 0 radical (unpaired) electrons. The van der Waals surface area contributed by atoms with Gasteiger partial charge >= 0.3 is 0 Å². The fraction of sp³-hybridized carbons (Fsp3) is 0.522. The summed E-state index contributed by atoms with van der Waals surface area (Å²) in [5.41, 5.74) is 1.82. The minimum absolute atomic E-state index is 0.0537. The van der Waals surface area contributed by atoms with Crippen LogP contribution in [0.3, 0.4) is 0 Å². The van der Waals surface area contributed by atoms with E-state index in [4.69, 9.17) is 15.2 Å². The highest BCUT2D eigenvalue weighted by molar-refractivity contribution is 5.80. The largest absolute Gasteiger partial charge is 0.356 e. The number of aromatic nitrogens is 5. The molecule has 0 bridgehead atoms. The number of carbonyl (C=O) groups excluding carboxylic acids is 1. The monoisotopic (exact) mass is 430 g/mol. The Balaban J connectivity index is 1.24. The summed E-state index contributed by atoms with van der Waals surface area (Å²) in [6.07, 6.45) is 9.44. The lowest BCUT2D eigenvalue weighted by atomic mass is 9.96. The first-order chi connectivity index (χ1) is 15.7. The van der Waals surface area contributed by atoms with Crippen LogP contribution in [0.1, 0.15) is 49.9 Å². The Morgan fingerprint density at radius 2 is 2.00 bits per heavy atom. The normalized spacial score (nSPS) is 22.3. The number of amides is 1. The maximum atomic E-state index is 12.9. The molecule has 164 valence electrons. The maximum absolute atomic E-state index is 12.9. The van der Waals surface area contributed by atoms with Crippen LogP contribution >= 0.6 is 0 Å². The predicted molar refractivity (Wildman–Crippen MR) is 118 cm³/mol. The van der Waals surface area contributed by atoms with Crippen LogP contribution in [0.15, 0.2) is 24.5 Å². The summed E-state index contributed by atoms with van der Waals surface area (Å²) in [4.78, 5) is 30.3. The summed E-state index contributed by atoms with van der Waals surface area (Å²) in [5.74, 6) is 2.08. The second kappa shape index (κ2) is 7.33. The highest BCUT2D eigenvalue weighted by atomic mass is 16.2. The molecule has 1 aliphatic carbocycles. The van der Waals surface area contributed by atoms with Gasteiger partial charge in [-0.1, -0.05) is 0 Å². The molecule has 6 rings (SSSR count). The molecule has 3 fully saturated rings. The highest BCUT2D eigenvalue weighted by Crippen LogP contribution is 2.48. The molecule has 0 aromatic carbocycles. The van der Waals surface area contributed by atoms with E-state index in [0.29, 0.717) is 17.1 Å². The van der Waals surface area contributed by atoms with Crippen molar-refractivity contribution >= 4 is 22.9 Å². The molecular weight excluding hydrogens is 404 g/mol. The predicted octanol–water partition coefficient (Wildman–Crippen LogP) is 2.40. The summed E-state index contributed by atoms with van der Waals surface area (Å²) in [7, 11) is 0. The molecule has 3 aromatic heterocycles. The van der Waals surface area contributed by atoms with Crippen molar-refractivity contribution in [3.05, 3.63) is 35.9 Å². The molecule has 1 saturated carbocycles. The van der Waals surface area contributed by atoms with Crippen molar-refractivity contribution in [3.8, 4) is 6.07 Å². The van der Waals surface area contributed by atoms with Crippen LogP contribution in [-0.4, -0.2) is 61.7 Å². The number of aromatic amines is 1. The minimum atomic E-state index is -0.311. The molecule has 1 atom stereocenters. The lowest BCUT2D eigenvalue weighted by Crippen LogP contribution is -2.44. The van der Waals surface area contributed by atoms with E-state index < -0.39 is 0 Å². The number of anilines is 1. The molecule has 1 unspecified atom stereocenters. The van der Waals surface area contributed by atoms with E-state index in [1.54, 1.807) is 12.4 Å². The fourth-order valence-electron chi connectivity index (χ4n) is 5.17. The highest BCUT2D eigenvalue weighted by Gasteiger charge is 2.50. The Labute approximate surface area is 186 Å². The van der Waals surface area contributed by atoms with E-state index in [0.717, 1.165) is 81.9 Å². The van der Waals surface area contributed by atoms with Crippen molar-refractivity contribution in [1.82, 2.24) is 29.6 Å². The van der Waals surface area contributed by atoms with Gasteiger partial charge in [0, 0.05) is 32.4 Å². The zero-order valence-corrected chi connectivity index (χ0v) is 18.0. The topological polar surface area (TPSA) is 107 Å². The number of carbonyl (C=O) groups is 1. The van der Waals surface area contributed by atoms with Crippen molar-refractivity contribution in [3.63, 3.8) is 0 Å². The number of nitrogens with one attached hydrogen (secondary N) is 1. The summed E-state index contributed by atoms with van der Waals surface area (Å²) >= 11 is 0. The van der Waals surface area contributed by atoms with Gasteiger partial charge in [0.15, 0.2) is 5.65 Å². The molecule has 9 nitrogen and oxygen atoms in total. The maximum Gasteiger partial charge on any atom is 0.227 e. The van der Waals surface area contributed by atoms with Crippen molar-refractivity contribution in [2.75, 3.05) is 31.1 Å². The minimum Gasteiger partial charge on any atom is -0.356 e. The van der Waals surface area contributed by atoms with Gasteiger partial charge in [-0.2, -0.15) is 10.4 Å². The van der Waals surface area contributed by atoms with Gasteiger partial charge in [0.25, 0.3) is 0 Å². The van der Waals surface area contributed by atoms with Crippen LogP contribution < -0.4 is 4.90 Å². The number of H-pyrrole nitrogens is 1. The number of pyridine rings is 1. The molecule has 5 heterocycles. The number of likely N-dealkylation sites (tertiary alicyclic amines) is 1. The van der Waals surface area contributed by atoms with Crippen LogP contribution in [0.25, 0.3) is 11.2 Å². The summed E-state index contributed by atoms with van der Waals surface area (Å²) < 4.78 is 1.85. The number of nitrogens with zero attached hydrogens (tertiary/aromatic N) is 7. The van der Waals surface area contributed by atoms with E-state index in [1.807, 2.05) is 21.7 Å².